The van der Waals surface area contributed by atoms with Crippen molar-refractivity contribution >= 4 is 27.6 Å². The summed E-state index contributed by atoms with van der Waals surface area (Å²) in [6, 6.07) is 14.7. The summed E-state index contributed by atoms with van der Waals surface area (Å²) in [7, 11) is -2.26. The lowest BCUT2D eigenvalue weighted by atomic mass is 10.2. The molecule has 0 bridgehead atoms. The van der Waals surface area contributed by atoms with Gasteiger partial charge in [0.05, 0.1) is 18.6 Å². The van der Waals surface area contributed by atoms with E-state index in [0.29, 0.717) is 30.2 Å². The van der Waals surface area contributed by atoms with Gasteiger partial charge in [-0.2, -0.15) is 0 Å². The second-order valence-electron chi connectivity index (χ2n) is 6.35. The zero-order valence-electron chi connectivity index (χ0n) is 16.8. The molecule has 1 heterocycles. The van der Waals surface area contributed by atoms with Gasteiger partial charge in [-0.1, -0.05) is 12.1 Å². The van der Waals surface area contributed by atoms with Gasteiger partial charge in [0.1, 0.15) is 0 Å². The molecule has 0 spiro atoms. The molecule has 0 aliphatic heterocycles. The van der Waals surface area contributed by atoms with Crippen molar-refractivity contribution < 1.29 is 22.7 Å². The highest BCUT2D eigenvalue weighted by molar-refractivity contribution is 7.92. The Kier molecular flexibility index (Phi) is 7.39. The highest BCUT2D eigenvalue weighted by atomic mass is 32.2. The number of nitrogens with zero attached hydrogens (tertiary/aromatic N) is 2. The summed E-state index contributed by atoms with van der Waals surface area (Å²) in [5.41, 5.74) is 0.491. The minimum absolute atomic E-state index is 0.0183. The molecule has 3 aromatic rings. The number of hydrogen-bond donors (Lipinski definition) is 2. The Labute approximate surface area is 180 Å². The smallest absolute Gasteiger partial charge is 0.264 e. The number of rotatable bonds is 10. The van der Waals surface area contributed by atoms with Crippen LogP contribution in [-0.4, -0.2) is 38.0 Å². The van der Waals surface area contributed by atoms with Gasteiger partial charge >= 0.3 is 0 Å². The van der Waals surface area contributed by atoms with Crippen LogP contribution in [0.1, 0.15) is 12.8 Å². The van der Waals surface area contributed by atoms with Gasteiger partial charge in [-0.3, -0.25) is 4.79 Å². The minimum Gasteiger partial charge on any atom is -0.493 e. The third-order valence-electron chi connectivity index (χ3n) is 4.11. The average Bonchev–Trinajstić information content (AvgIpc) is 2.78. The summed E-state index contributed by atoms with van der Waals surface area (Å²) in [6.07, 6.45) is 3.63. The quantitative estimate of drug-likeness (QED) is 0.463. The van der Waals surface area contributed by atoms with Crippen molar-refractivity contribution in [1.29, 1.82) is 0 Å². The van der Waals surface area contributed by atoms with Crippen molar-refractivity contribution in [2.75, 3.05) is 23.8 Å². The van der Waals surface area contributed by atoms with E-state index in [1.165, 1.54) is 36.7 Å². The minimum atomic E-state index is -3.82. The Hall–Kier alpha value is -3.66. The Morgan fingerprint density at radius 1 is 0.968 bits per heavy atom. The number of aromatic nitrogens is 2. The Morgan fingerprint density at radius 2 is 1.65 bits per heavy atom. The van der Waals surface area contributed by atoms with Crippen LogP contribution in [0.5, 0.6) is 11.5 Å². The molecule has 1 amide bonds. The molecule has 9 nitrogen and oxygen atoms in total. The van der Waals surface area contributed by atoms with E-state index in [2.05, 4.69) is 20.0 Å². The number of anilines is 2. The molecule has 0 saturated heterocycles. The molecule has 0 atom stereocenters. The number of carbonyl (C=O) groups is 1. The van der Waals surface area contributed by atoms with Crippen LogP contribution in [0.25, 0.3) is 0 Å². The average molecular weight is 442 g/mol. The standard InChI is InChI=1S/C21H22N4O5S/c1-29-18-6-2-3-7-19(18)30-15-4-8-20(26)24-16-9-11-17(12-10-16)31(27,28)25-21-22-13-5-14-23-21/h2-3,5-7,9-14H,4,8,15H2,1H3,(H,24,26)(H,22,23,25). The number of hydrogen-bond acceptors (Lipinski definition) is 7. The summed E-state index contributed by atoms with van der Waals surface area (Å²) in [5, 5.41) is 2.73. The van der Waals surface area contributed by atoms with Crippen molar-refractivity contribution in [2.24, 2.45) is 0 Å². The molecule has 2 N–H and O–H groups in total. The number of amides is 1. The SMILES string of the molecule is COc1ccccc1OCCCC(=O)Nc1ccc(S(=O)(=O)Nc2ncccn2)cc1. The van der Waals surface area contributed by atoms with E-state index in [1.54, 1.807) is 25.3 Å². The van der Waals surface area contributed by atoms with Gasteiger partial charge in [0.25, 0.3) is 10.0 Å². The molecule has 31 heavy (non-hydrogen) atoms. The summed E-state index contributed by atoms with van der Waals surface area (Å²) in [6.45, 7) is 0.359. The van der Waals surface area contributed by atoms with Crippen molar-refractivity contribution in [2.45, 2.75) is 17.7 Å². The van der Waals surface area contributed by atoms with E-state index in [0.717, 1.165) is 0 Å². The third kappa shape index (κ3) is 6.41. The zero-order chi connectivity index (χ0) is 22.1. The number of nitrogens with one attached hydrogen (secondary N) is 2. The van der Waals surface area contributed by atoms with Gasteiger partial charge in [-0.15, -0.1) is 0 Å². The van der Waals surface area contributed by atoms with Gasteiger partial charge in [0.2, 0.25) is 11.9 Å². The van der Waals surface area contributed by atoms with E-state index in [-0.39, 0.29) is 23.2 Å². The molecule has 0 unspecified atom stereocenters. The molecule has 0 saturated carbocycles. The molecule has 2 aromatic carbocycles. The first-order valence-electron chi connectivity index (χ1n) is 9.43. The fourth-order valence-corrected chi connectivity index (χ4v) is 3.58. The molecule has 0 aliphatic carbocycles. The molecule has 0 aliphatic rings. The Balaban J connectivity index is 1.47. The van der Waals surface area contributed by atoms with Gasteiger partial charge in [0.15, 0.2) is 11.5 Å². The molecule has 1 aromatic heterocycles. The van der Waals surface area contributed by atoms with E-state index in [9.17, 15) is 13.2 Å². The maximum absolute atomic E-state index is 12.4. The fourth-order valence-electron chi connectivity index (χ4n) is 2.62. The molecule has 162 valence electrons. The van der Waals surface area contributed by atoms with Crippen molar-refractivity contribution in [3.8, 4) is 11.5 Å². The topological polar surface area (TPSA) is 120 Å². The van der Waals surface area contributed by atoms with Crippen LogP contribution in [0.2, 0.25) is 0 Å². The zero-order valence-corrected chi connectivity index (χ0v) is 17.6. The Bertz CT molecular complexity index is 1110. The molecule has 0 fully saturated rings. The van der Waals surface area contributed by atoms with E-state index in [4.69, 9.17) is 9.47 Å². The molecule has 3 rings (SSSR count). The molecular formula is C21H22N4O5S. The Morgan fingerprint density at radius 3 is 2.32 bits per heavy atom. The predicted molar refractivity (Wildman–Crippen MR) is 116 cm³/mol. The van der Waals surface area contributed by atoms with Crippen LogP contribution >= 0.6 is 0 Å². The molecule has 0 radical (unpaired) electrons. The van der Waals surface area contributed by atoms with Crippen LogP contribution in [0.4, 0.5) is 11.6 Å². The van der Waals surface area contributed by atoms with Crippen LogP contribution in [0.15, 0.2) is 71.9 Å². The normalized spacial score (nSPS) is 10.9. The number of para-hydroxylation sites is 2. The van der Waals surface area contributed by atoms with Crippen molar-refractivity contribution in [3.05, 3.63) is 67.0 Å². The maximum atomic E-state index is 12.4. The fraction of sp³-hybridized carbons (Fsp3) is 0.190. The lowest BCUT2D eigenvalue weighted by Gasteiger charge is -2.10. The second kappa shape index (κ2) is 10.4. The van der Waals surface area contributed by atoms with Crippen LogP contribution in [0, 0.1) is 0 Å². The number of benzene rings is 2. The van der Waals surface area contributed by atoms with Gasteiger partial charge in [-0.05, 0) is 48.9 Å². The highest BCUT2D eigenvalue weighted by Crippen LogP contribution is 2.25. The van der Waals surface area contributed by atoms with E-state index in [1.807, 2.05) is 12.1 Å². The maximum Gasteiger partial charge on any atom is 0.264 e. The van der Waals surface area contributed by atoms with Crippen LogP contribution in [0.3, 0.4) is 0 Å². The summed E-state index contributed by atoms with van der Waals surface area (Å²) < 4.78 is 37.9. The van der Waals surface area contributed by atoms with Gasteiger partial charge in [0, 0.05) is 24.5 Å². The lowest BCUT2D eigenvalue weighted by Crippen LogP contribution is -2.15. The summed E-state index contributed by atoms with van der Waals surface area (Å²) >= 11 is 0. The molecular weight excluding hydrogens is 420 g/mol. The van der Waals surface area contributed by atoms with E-state index < -0.39 is 10.0 Å². The highest BCUT2D eigenvalue weighted by Gasteiger charge is 2.15. The van der Waals surface area contributed by atoms with Crippen molar-refractivity contribution in [1.82, 2.24) is 9.97 Å². The first-order chi connectivity index (χ1) is 15.0. The van der Waals surface area contributed by atoms with Gasteiger partial charge in [-0.25, -0.2) is 23.1 Å². The first-order valence-corrected chi connectivity index (χ1v) is 10.9. The van der Waals surface area contributed by atoms with Crippen LogP contribution < -0.4 is 19.5 Å². The number of sulfonamides is 1. The summed E-state index contributed by atoms with van der Waals surface area (Å²) in [4.78, 5) is 19.8. The van der Waals surface area contributed by atoms with Crippen molar-refractivity contribution in [3.63, 3.8) is 0 Å². The number of methoxy groups -OCH3 is 1. The molecule has 10 heteroatoms. The monoisotopic (exact) mass is 442 g/mol. The summed E-state index contributed by atoms with van der Waals surface area (Å²) in [5.74, 6) is 1.04. The number of carbonyl (C=O) groups excluding carboxylic acids is 1. The van der Waals surface area contributed by atoms with E-state index >= 15 is 0 Å². The second-order valence-corrected chi connectivity index (χ2v) is 8.04. The van der Waals surface area contributed by atoms with Crippen LogP contribution in [-0.2, 0) is 14.8 Å². The third-order valence-corrected chi connectivity index (χ3v) is 5.46. The first kappa shape index (κ1) is 22.0. The number of ether oxygens (including phenoxy) is 2. The predicted octanol–water partition coefficient (Wildman–Crippen LogP) is 3.08. The van der Waals surface area contributed by atoms with Gasteiger partial charge < -0.3 is 14.8 Å². The lowest BCUT2D eigenvalue weighted by molar-refractivity contribution is -0.116. The largest absolute Gasteiger partial charge is 0.493 e.